The minimum atomic E-state index is -0.0534. The first kappa shape index (κ1) is 17.2. The van der Waals surface area contributed by atoms with Crippen LogP contribution in [0.3, 0.4) is 0 Å². The summed E-state index contributed by atoms with van der Waals surface area (Å²) >= 11 is 0. The zero-order valence-corrected chi connectivity index (χ0v) is 14.4. The van der Waals surface area contributed by atoms with Crippen LogP contribution in [0, 0.1) is 0 Å². The zero-order chi connectivity index (χ0) is 15.5. The van der Waals surface area contributed by atoms with Crippen LogP contribution in [0.1, 0.15) is 52.9 Å². The molecule has 2 fully saturated rings. The molecule has 0 amide bonds. The van der Waals surface area contributed by atoms with E-state index in [1.807, 2.05) is 0 Å². The van der Waals surface area contributed by atoms with Crippen molar-refractivity contribution in [3.05, 3.63) is 0 Å². The van der Waals surface area contributed by atoms with Crippen LogP contribution in [0.25, 0.3) is 0 Å². The number of aliphatic hydroxyl groups excluding tert-OH is 1. The molecule has 4 nitrogen and oxygen atoms in total. The normalized spacial score (nSPS) is 36.3. The van der Waals surface area contributed by atoms with E-state index >= 15 is 0 Å². The van der Waals surface area contributed by atoms with Crippen molar-refractivity contribution in [1.82, 2.24) is 15.1 Å². The number of piperazine rings is 1. The second kappa shape index (κ2) is 7.40. The predicted molar refractivity (Wildman–Crippen MR) is 88.6 cm³/mol. The molecule has 0 bridgehead atoms. The summed E-state index contributed by atoms with van der Waals surface area (Å²) in [6, 6.07) is 1.77. The molecule has 0 radical (unpaired) electrons. The second-order valence-corrected chi connectivity index (χ2v) is 7.53. The van der Waals surface area contributed by atoms with Gasteiger partial charge in [-0.25, -0.2) is 0 Å². The number of likely N-dealkylation sites (N-methyl/N-ethyl adjacent to an activating group) is 1. The van der Waals surface area contributed by atoms with Gasteiger partial charge >= 0.3 is 0 Å². The van der Waals surface area contributed by atoms with Crippen molar-refractivity contribution in [3.8, 4) is 0 Å². The molecule has 1 heterocycles. The molecule has 4 heteroatoms. The van der Waals surface area contributed by atoms with Crippen LogP contribution in [0.2, 0.25) is 0 Å². The first-order valence-electron chi connectivity index (χ1n) is 8.82. The van der Waals surface area contributed by atoms with E-state index in [0.717, 1.165) is 12.8 Å². The standard InChI is InChI=1S/C17H35N3O/c1-5-15-12-20(10-9-19(15)4)16-7-6-8-17(11-16,13-21)18-14(2)3/h14-16,18,21H,5-13H2,1-4H3. The van der Waals surface area contributed by atoms with Crippen molar-refractivity contribution >= 4 is 0 Å². The fraction of sp³-hybridized carbons (Fsp3) is 1.00. The fourth-order valence-corrected chi connectivity index (χ4v) is 4.32. The molecule has 0 aromatic carbocycles. The molecule has 124 valence electrons. The van der Waals surface area contributed by atoms with Gasteiger partial charge in [-0.15, -0.1) is 0 Å². The van der Waals surface area contributed by atoms with Crippen LogP contribution in [0.4, 0.5) is 0 Å². The fourth-order valence-electron chi connectivity index (χ4n) is 4.32. The van der Waals surface area contributed by atoms with Gasteiger partial charge in [0, 0.05) is 43.3 Å². The largest absolute Gasteiger partial charge is 0.394 e. The third-order valence-corrected chi connectivity index (χ3v) is 5.51. The van der Waals surface area contributed by atoms with E-state index in [4.69, 9.17) is 0 Å². The van der Waals surface area contributed by atoms with Crippen molar-refractivity contribution in [3.63, 3.8) is 0 Å². The highest BCUT2D eigenvalue weighted by Gasteiger charge is 2.39. The maximum absolute atomic E-state index is 9.96. The lowest BCUT2D eigenvalue weighted by molar-refractivity contribution is 0.0137. The monoisotopic (exact) mass is 297 g/mol. The molecule has 0 spiro atoms. The number of rotatable bonds is 5. The lowest BCUT2D eigenvalue weighted by Crippen LogP contribution is -2.60. The van der Waals surface area contributed by atoms with E-state index in [2.05, 4.69) is 42.9 Å². The van der Waals surface area contributed by atoms with Crippen LogP contribution < -0.4 is 5.32 Å². The lowest BCUT2D eigenvalue weighted by Gasteiger charge is -2.49. The van der Waals surface area contributed by atoms with Crippen molar-refractivity contribution in [1.29, 1.82) is 0 Å². The third kappa shape index (κ3) is 4.19. The average molecular weight is 297 g/mol. The quantitative estimate of drug-likeness (QED) is 0.810. The predicted octanol–water partition coefficient (Wildman–Crippen LogP) is 1.68. The van der Waals surface area contributed by atoms with Crippen molar-refractivity contribution < 1.29 is 5.11 Å². The summed E-state index contributed by atoms with van der Waals surface area (Å²) in [6.45, 7) is 10.5. The smallest absolute Gasteiger partial charge is 0.0613 e. The summed E-state index contributed by atoms with van der Waals surface area (Å²) < 4.78 is 0. The topological polar surface area (TPSA) is 38.7 Å². The van der Waals surface area contributed by atoms with E-state index in [-0.39, 0.29) is 12.1 Å². The average Bonchev–Trinajstić information content (AvgIpc) is 2.47. The summed E-state index contributed by atoms with van der Waals surface area (Å²) in [5.74, 6) is 0. The van der Waals surface area contributed by atoms with Crippen molar-refractivity contribution in [2.24, 2.45) is 0 Å². The highest BCUT2D eigenvalue weighted by Crippen LogP contribution is 2.32. The van der Waals surface area contributed by atoms with Gasteiger partial charge in [-0.3, -0.25) is 4.90 Å². The SMILES string of the molecule is CCC1CN(C2CCCC(CO)(NC(C)C)C2)CCN1C. The zero-order valence-electron chi connectivity index (χ0n) is 14.4. The van der Waals surface area contributed by atoms with Crippen LogP contribution in [0.15, 0.2) is 0 Å². The number of aliphatic hydroxyl groups is 1. The number of nitrogens with zero attached hydrogens (tertiary/aromatic N) is 2. The summed E-state index contributed by atoms with van der Waals surface area (Å²) in [7, 11) is 2.25. The molecule has 3 atom stereocenters. The van der Waals surface area contributed by atoms with Gasteiger partial charge < -0.3 is 15.3 Å². The molecule has 0 aromatic heterocycles. The Bertz CT molecular complexity index is 323. The Labute approximate surface area is 130 Å². The van der Waals surface area contributed by atoms with Crippen LogP contribution in [-0.2, 0) is 0 Å². The Morgan fingerprint density at radius 2 is 2.10 bits per heavy atom. The molecular weight excluding hydrogens is 262 g/mol. The first-order chi connectivity index (χ1) is 9.99. The van der Waals surface area contributed by atoms with E-state index in [1.165, 1.54) is 38.9 Å². The third-order valence-electron chi connectivity index (χ3n) is 5.51. The maximum Gasteiger partial charge on any atom is 0.0613 e. The first-order valence-corrected chi connectivity index (χ1v) is 8.82. The van der Waals surface area contributed by atoms with Gasteiger partial charge in [0.1, 0.15) is 0 Å². The number of hydrogen-bond donors (Lipinski definition) is 2. The van der Waals surface area contributed by atoms with Crippen molar-refractivity contribution in [2.45, 2.75) is 76.5 Å². The Morgan fingerprint density at radius 1 is 1.33 bits per heavy atom. The maximum atomic E-state index is 9.96. The van der Waals surface area contributed by atoms with E-state index in [0.29, 0.717) is 18.1 Å². The van der Waals surface area contributed by atoms with Gasteiger partial charge in [-0.1, -0.05) is 20.8 Å². The molecule has 2 N–H and O–H groups in total. The minimum absolute atomic E-state index is 0.0534. The van der Waals surface area contributed by atoms with Crippen LogP contribution in [-0.4, -0.2) is 71.9 Å². The molecule has 21 heavy (non-hydrogen) atoms. The van der Waals surface area contributed by atoms with Gasteiger partial charge in [0.05, 0.1) is 6.61 Å². The molecule has 1 saturated heterocycles. The van der Waals surface area contributed by atoms with E-state index in [1.54, 1.807) is 0 Å². The van der Waals surface area contributed by atoms with Gasteiger partial charge in [0.15, 0.2) is 0 Å². The Kier molecular flexibility index (Phi) is 6.06. The van der Waals surface area contributed by atoms with Gasteiger partial charge in [-0.05, 0) is 39.2 Å². The molecule has 2 aliphatic rings. The Hall–Kier alpha value is -0.160. The molecule has 1 aliphatic carbocycles. The van der Waals surface area contributed by atoms with Crippen molar-refractivity contribution in [2.75, 3.05) is 33.3 Å². The summed E-state index contributed by atoms with van der Waals surface area (Å²) in [5.41, 5.74) is -0.0534. The second-order valence-electron chi connectivity index (χ2n) is 7.53. The van der Waals surface area contributed by atoms with Gasteiger partial charge in [0.2, 0.25) is 0 Å². The number of nitrogens with one attached hydrogen (secondary N) is 1. The number of hydrogen-bond acceptors (Lipinski definition) is 4. The van der Waals surface area contributed by atoms with Gasteiger partial charge in [-0.2, -0.15) is 0 Å². The molecule has 1 aliphatic heterocycles. The molecule has 0 aromatic rings. The molecule has 2 rings (SSSR count). The highest BCUT2D eigenvalue weighted by atomic mass is 16.3. The van der Waals surface area contributed by atoms with E-state index in [9.17, 15) is 5.11 Å². The van der Waals surface area contributed by atoms with Crippen LogP contribution in [0.5, 0.6) is 0 Å². The molecular formula is C17H35N3O. The van der Waals surface area contributed by atoms with E-state index < -0.39 is 0 Å². The Morgan fingerprint density at radius 3 is 2.71 bits per heavy atom. The Balaban J connectivity index is 2.00. The summed E-state index contributed by atoms with van der Waals surface area (Å²) in [6.07, 6.45) is 5.97. The highest BCUT2D eigenvalue weighted by molar-refractivity contribution is 4.98. The summed E-state index contributed by atoms with van der Waals surface area (Å²) in [4.78, 5) is 5.20. The lowest BCUT2D eigenvalue weighted by atomic mass is 9.78. The minimum Gasteiger partial charge on any atom is -0.394 e. The molecule has 1 saturated carbocycles. The molecule has 3 unspecified atom stereocenters. The summed E-state index contributed by atoms with van der Waals surface area (Å²) in [5, 5.41) is 13.6. The van der Waals surface area contributed by atoms with Gasteiger partial charge in [0.25, 0.3) is 0 Å². The van der Waals surface area contributed by atoms with Crippen LogP contribution >= 0.6 is 0 Å².